The van der Waals surface area contributed by atoms with Crippen molar-refractivity contribution in [3.8, 4) is 11.8 Å². The van der Waals surface area contributed by atoms with Crippen molar-refractivity contribution in [2.24, 2.45) is 0 Å². The topological polar surface area (TPSA) is 53.3 Å². The number of nitrogens with zero attached hydrogens (tertiary/aromatic N) is 2. The van der Waals surface area contributed by atoms with Crippen LogP contribution >= 0.6 is 15.9 Å². The third-order valence-electron chi connectivity index (χ3n) is 2.31. The highest BCUT2D eigenvalue weighted by atomic mass is 79.9. The van der Waals surface area contributed by atoms with Crippen molar-refractivity contribution < 1.29 is 9.53 Å². The Labute approximate surface area is 109 Å². The molecule has 0 atom stereocenters. The normalized spacial score (nSPS) is 9.53. The molecule has 1 aromatic rings. The van der Waals surface area contributed by atoms with Gasteiger partial charge in [0.1, 0.15) is 11.8 Å². The van der Waals surface area contributed by atoms with Crippen molar-refractivity contribution in [3.63, 3.8) is 0 Å². The number of hydrogen-bond acceptors (Lipinski definition) is 3. The summed E-state index contributed by atoms with van der Waals surface area (Å²) in [6.45, 7) is 2.46. The Kier molecular flexibility index (Phi) is 4.98. The van der Waals surface area contributed by atoms with Crippen LogP contribution in [0, 0.1) is 11.3 Å². The van der Waals surface area contributed by atoms with Gasteiger partial charge in [0, 0.05) is 18.1 Å². The van der Waals surface area contributed by atoms with Crippen molar-refractivity contribution >= 4 is 21.8 Å². The molecule has 1 aromatic carbocycles. The largest absolute Gasteiger partial charge is 0.482 e. The zero-order valence-electron chi connectivity index (χ0n) is 9.74. The zero-order valence-corrected chi connectivity index (χ0v) is 11.3. The predicted molar refractivity (Wildman–Crippen MR) is 67.7 cm³/mol. The van der Waals surface area contributed by atoms with Gasteiger partial charge < -0.3 is 9.64 Å². The van der Waals surface area contributed by atoms with E-state index in [-0.39, 0.29) is 12.5 Å². The van der Waals surface area contributed by atoms with Crippen molar-refractivity contribution in [2.45, 2.75) is 6.92 Å². The molecule has 0 aliphatic rings. The number of amides is 1. The molecule has 1 amide bonds. The lowest BCUT2D eigenvalue weighted by molar-refractivity contribution is -0.131. The fourth-order valence-corrected chi connectivity index (χ4v) is 1.50. The summed E-state index contributed by atoms with van der Waals surface area (Å²) in [5.74, 6) is 0.313. The number of halogens is 1. The molecule has 17 heavy (non-hydrogen) atoms. The van der Waals surface area contributed by atoms with Gasteiger partial charge in [0.2, 0.25) is 0 Å². The number of carbonyl (C=O) groups excluding carboxylic acids is 1. The van der Waals surface area contributed by atoms with E-state index in [2.05, 4.69) is 15.9 Å². The molecule has 0 unspecified atom stereocenters. The van der Waals surface area contributed by atoms with E-state index in [1.807, 2.05) is 13.0 Å². The first-order valence-electron chi connectivity index (χ1n) is 5.15. The van der Waals surface area contributed by atoms with Gasteiger partial charge in [-0.05, 0) is 25.1 Å². The Balaban J connectivity index is 2.70. The Morgan fingerprint density at radius 2 is 2.29 bits per heavy atom. The summed E-state index contributed by atoms with van der Waals surface area (Å²) in [4.78, 5) is 13.1. The average molecular weight is 297 g/mol. The molecule has 0 radical (unpaired) electrons. The van der Waals surface area contributed by atoms with Crippen LogP contribution in [-0.4, -0.2) is 31.0 Å². The van der Waals surface area contributed by atoms with E-state index >= 15 is 0 Å². The van der Waals surface area contributed by atoms with Crippen LogP contribution in [0.4, 0.5) is 0 Å². The van der Waals surface area contributed by atoms with Crippen molar-refractivity contribution in [2.75, 3.05) is 20.2 Å². The number of rotatable bonds is 4. The maximum Gasteiger partial charge on any atom is 0.260 e. The Bertz CT molecular complexity index is 454. The highest BCUT2D eigenvalue weighted by Crippen LogP contribution is 2.22. The monoisotopic (exact) mass is 296 g/mol. The molecular weight excluding hydrogens is 284 g/mol. The summed E-state index contributed by atoms with van der Waals surface area (Å²) in [7, 11) is 1.71. The van der Waals surface area contributed by atoms with Crippen LogP contribution in [-0.2, 0) is 4.79 Å². The number of carbonyl (C=O) groups is 1. The van der Waals surface area contributed by atoms with Crippen LogP contribution in [0.1, 0.15) is 12.5 Å². The SMILES string of the molecule is CCN(C)C(=O)COc1ccc(Br)cc1C#N. The van der Waals surface area contributed by atoms with Crippen LogP contribution in [0.25, 0.3) is 0 Å². The fourth-order valence-electron chi connectivity index (χ4n) is 1.14. The molecule has 0 spiro atoms. The maximum absolute atomic E-state index is 11.5. The molecule has 0 aliphatic carbocycles. The summed E-state index contributed by atoms with van der Waals surface area (Å²) < 4.78 is 6.14. The van der Waals surface area contributed by atoms with E-state index < -0.39 is 0 Å². The van der Waals surface area contributed by atoms with E-state index in [0.29, 0.717) is 17.9 Å². The highest BCUT2D eigenvalue weighted by Gasteiger charge is 2.09. The lowest BCUT2D eigenvalue weighted by Crippen LogP contribution is -2.31. The summed E-state index contributed by atoms with van der Waals surface area (Å²) in [5, 5.41) is 8.92. The predicted octanol–water partition coefficient (Wildman–Crippen LogP) is 2.18. The quantitative estimate of drug-likeness (QED) is 0.856. The highest BCUT2D eigenvalue weighted by molar-refractivity contribution is 9.10. The fraction of sp³-hybridized carbons (Fsp3) is 0.333. The number of hydrogen-bond donors (Lipinski definition) is 0. The number of likely N-dealkylation sites (N-methyl/N-ethyl adjacent to an activating group) is 1. The smallest absolute Gasteiger partial charge is 0.260 e. The second-order valence-corrected chi connectivity index (χ2v) is 4.36. The summed E-state index contributed by atoms with van der Waals surface area (Å²) in [6, 6.07) is 7.12. The molecule has 0 aromatic heterocycles. The third kappa shape index (κ3) is 3.75. The van der Waals surface area contributed by atoms with E-state index in [4.69, 9.17) is 10.00 Å². The standard InChI is InChI=1S/C12H13BrN2O2/c1-3-15(2)12(16)8-17-11-5-4-10(13)6-9(11)7-14/h4-6H,3,8H2,1-2H3. The number of ether oxygens (including phenoxy) is 1. The number of benzene rings is 1. The van der Waals surface area contributed by atoms with E-state index in [1.54, 1.807) is 30.1 Å². The van der Waals surface area contributed by atoms with Crippen molar-refractivity contribution in [3.05, 3.63) is 28.2 Å². The van der Waals surface area contributed by atoms with Crippen LogP contribution in [0.3, 0.4) is 0 Å². The van der Waals surface area contributed by atoms with Crippen LogP contribution in [0.15, 0.2) is 22.7 Å². The van der Waals surface area contributed by atoms with Gasteiger partial charge in [-0.25, -0.2) is 0 Å². The van der Waals surface area contributed by atoms with E-state index in [0.717, 1.165) is 4.47 Å². The molecule has 0 N–H and O–H groups in total. The lowest BCUT2D eigenvalue weighted by atomic mass is 10.2. The molecule has 0 saturated carbocycles. The second kappa shape index (κ2) is 6.26. The minimum atomic E-state index is -0.112. The molecule has 0 heterocycles. The molecule has 0 saturated heterocycles. The van der Waals surface area contributed by atoms with Gasteiger partial charge in [-0.3, -0.25) is 4.79 Å². The van der Waals surface area contributed by atoms with Crippen LogP contribution in [0.5, 0.6) is 5.75 Å². The molecule has 5 heteroatoms. The molecule has 90 valence electrons. The third-order valence-corrected chi connectivity index (χ3v) is 2.81. The van der Waals surface area contributed by atoms with Crippen LogP contribution < -0.4 is 4.74 Å². The Morgan fingerprint density at radius 3 is 2.88 bits per heavy atom. The van der Waals surface area contributed by atoms with Gasteiger partial charge in [-0.15, -0.1) is 0 Å². The lowest BCUT2D eigenvalue weighted by Gasteiger charge is -2.15. The first-order valence-corrected chi connectivity index (χ1v) is 5.94. The second-order valence-electron chi connectivity index (χ2n) is 3.45. The van der Waals surface area contributed by atoms with Crippen molar-refractivity contribution in [1.82, 2.24) is 4.90 Å². The maximum atomic E-state index is 11.5. The molecule has 1 rings (SSSR count). The zero-order chi connectivity index (χ0) is 12.8. The summed E-state index contributed by atoms with van der Waals surface area (Å²) in [5.41, 5.74) is 0.409. The minimum absolute atomic E-state index is 0.0549. The molecule has 4 nitrogen and oxygen atoms in total. The van der Waals surface area contributed by atoms with Gasteiger partial charge >= 0.3 is 0 Å². The van der Waals surface area contributed by atoms with Gasteiger partial charge in [0.15, 0.2) is 6.61 Å². The van der Waals surface area contributed by atoms with Crippen LogP contribution in [0.2, 0.25) is 0 Å². The Hall–Kier alpha value is -1.54. The van der Waals surface area contributed by atoms with Gasteiger partial charge in [0.25, 0.3) is 5.91 Å². The summed E-state index contributed by atoms with van der Waals surface area (Å²) in [6.07, 6.45) is 0. The first-order chi connectivity index (χ1) is 8.08. The van der Waals surface area contributed by atoms with Gasteiger partial charge in [-0.1, -0.05) is 15.9 Å². The van der Waals surface area contributed by atoms with E-state index in [9.17, 15) is 4.79 Å². The molecule has 0 bridgehead atoms. The van der Waals surface area contributed by atoms with Crippen molar-refractivity contribution in [1.29, 1.82) is 5.26 Å². The number of nitriles is 1. The summed E-state index contributed by atoms with van der Waals surface area (Å²) >= 11 is 3.27. The van der Waals surface area contributed by atoms with Gasteiger partial charge in [-0.2, -0.15) is 5.26 Å². The molecular formula is C12H13BrN2O2. The first kappa shape index (κ1) is 13.5. The van der Waals surface area contributed by atoms with E-state index in [1.165, 1.54) is 0 Å². The Morgan fingerprint density at radius 1 is 1.59 bits per heavy atom. The molecule has 0 fully saturated rings. The van der Waals surface area contributed by atoms with Gasteiger partial charge in [0.05, 0.1) is 5.56 Å². The average Bonchev–Trinajstić information content (AvgIpc) is 2.35. The minimum Gasteiger partial charge on any atom is -0.482 e. The molecule has 0 aliphatic heterocycles.